The van der Waals surface area contributed by atoms with Gasteiger partial charge in [-0.3, -0.25) is 4.79 Å². The molecular formula is C21H23N5O2S. The minimum atomic E-state index is -0.403. The summed E-state index contributed by atoms with van der Waals surface area (Å²) in [6.07, 6.45) is 1.40. The van der Waals surface area contributed by atoms with Crippen LogP contribution in [0.15, 0.2) is 64.9 Å². The van der Waals surface area contributed by atoms with E-state index in [1.54, 1.807) is 31.2 Å². The fraction of sp³-hybridized carbons (Fsp3) is 0.190. The van der Waals surface area contributed by atoms with E-state index in [4.69, 9.17) is 12.2 Å². The topological polar surface area (TPSA) is 89.0 Å². The van der Waals surface area contributed by atoms with Crippen LogP contribution in [0.2, 0.25) is 0 Å². The van der Waals surface area contributed by atoms with Crippen molar-refractivity contribution >= 4 is 35.1 Å². The fourth-order valence-corrected chi connectivity index (χ4v) is 3.30. The third kappa shape index (κ3) is 4.72. The van der Waals surface area contributed by atoms with E-state index in [2.05, 4.69) is 21.2 Å². The summed E-state index contributed by atoms with van der Waals surface area (Å²) in [4.78, 5) is 14.9. The number of thiocarbonyl (C=S) groups is 1. The van der Waals surface area contributed by atoms with E-state index >= 15 is 0 Å². The molecule has 1 amide bonds. The molecule has 150 valence electrons. The summed E-state index contributed by atoms with van der Waals surface area (Å²) in [5, 5.41) is 20.4. The number of aromatic hydroxyl groups is 1. The summed E-state index contributed by atoms with van der Waals surface area (Å²) < 4.78 is 0. The lowest BCUT2D eigenvalue weighted by Gasteiger charge is -2.30. The highest BCUT2D eigenvalue weighted by Crippen LogP contribution is 2.28. The van der Waals surface area contributed by atoms with Crippen LogP contribution in [0.25, 0.3) is 0 Å². The van der Waals surface area contributed by atoms with Crippen molar-refractivity contribution in [2.45, 2.75) is 13.0 Å². The Morgan fingerprint density at radius 1 is 1.21 bits per heavy atom. The lowest BCUT2D eigenvalue weighted by Crippen LogP contribution is -2.46. The van der Waals surface area contributed by atoms with Gasteiger partial charge in [0.05, 0.1) is 17.8 Å². The number of hydrogen-bond acceptors (Lipinski definition) is 5. The Labute approximate surface area is 175 Å². The first-order valence-electron chi connectivity index (χ1n) is 9.04. The Bertz CT molecular complexity index is 983. The molecule has 2 aromatic carbocycles. The third-order valence-corrected chi connectivity index (χ3v) is 4.78. The molecule has 1 unspecified atom stereocenters. The molecule has 0 saturated heterocycles. The summed E-state index contributed by atoms with van der Waals surface area (Å²) in [5.74, 6) is -0.274. The van der Waals surface area contributed by atoms with Crippen molar-refractivity contribution in [1.29, 1.82) is 0 Å². The number of phenolic OH excluding ortho intramolecular Hbond substituents is 1. The number of anilines is 1. The van der Waals surface area contributed by atoms with Crippen molar-refractivity contribution in [1.82, 2.24) is 16.1 Å². The Morgan fingerprint density at radius 2 is 1.90 bits per heavy atom. The molecular weight excluding hydrogens is 386 g/mol. The van der Waals surface area contributed by atoms with Gasteiger partial charge in [-0.05, 0) is 49.0 Å². The van der Waals surface area contributed by atoms with Gasteiger partial charge in [-0.25, -0.2) is 5.43 Å². The zero-order valence-corrected chi connectivity index (χ0v) is 17.2. The van der Waals surface area contributed by atoms with Gasteiger partial charge in [0.15, 0.2) is 5.11 Å². The summed E-state index contributed by atoms with van der Waals surface area (Å²) >= 11 is 5.28. The van der Waals surface area contributed by atoms with Crippen molar-refractivity contribution < 1.29 is 9.90 Å². The van der Waals surface area contributed by atoms with Gasteiger partial charge in [0.2, 0.25) is 0 Å². The van der Waals surface area contributed by atoms with E-state index in [0.717, 1.165) is 11.3 Å². The Kier molecular flexibility index (Phi) is 6.13. The maximum atomic E-state index is 12.9. The number of allylic oxidation sites excluding steroid dienone is 1. The first-order valence-corrected chi connectivity index (χ1v) is 9.44. The highest BCUT2D eigenvalue weighted by Gasteiger charge is 2.29. The van der Waals surface area contributed by atoms with Crippen LogP contribution in [0.1, 0.15) is 24.1 Å². The molecule has 1 aliphatic heterocycles. The van der Waals surface area contributed by atoms with Crippen LogP contribution < -0.4 is 21.0 Å². The highest BCUT2D eigenvalue weighted by molar-refractivity contribution is 7.80. The molecule has 1 aliphatic rings. The minimum Gasteiger partial charge on any atom is -0.507 e. The molecule has 0 spiro atoms. The molecule has 1 atom stereocenters. The van der Waals surface area contributed by atoms with Crippen LogP contribution in [-0.4, -0.2) is 36.4 Å². The molecule has 4 N–H and O–H groups in total. The lowest BCUT2D eigenvalue weighted by atomic mass is 9.95. The van der Waals surface area contributed by atoms with Gasteiger partial charge in [0.25, 0.3) is 5.91 Å². The van der Waals surface area contributed by atoms with Gasteiger partial charge < -0.3 is 20.6 Å². The number of nitrogens with zero attached hydrogens (tertiary/aromatic N) is 2. The largest absolute Gasteiger partial charge is 0.507 e. The lowest BCUT2D eigenvalue weighted by molar-refractivity contribution is -0.117. The first-order chi connectivity index (χ1) is 13.9. The van der Waals surface area contributed by atoms with E-state index in [0.29, 0.717) is 21.9 Å². The maximum absolute atomic E-state index is 12.9. The number of nitrogens with one attached hydrogen (secondary N) is 3. The van der Waals surface area contributed by atoms with Gasteiger partial charge in [-0.2, -0.15) is 5.10 Å². The molecule has 0 aliphatic carbocycles. The van der Waals surface area contributed by atoms with Crippen LogP contribution in [-0.2, 0) is 4.79 Å². The van der Waals surface area contributed by atoms with E-state index in [1.165, 1.54) is 6.21 Å². The molecule has 1 heterocycles. The second-order valence-electron chi connectivity index (χ2n) is 6.81. The zero-order valence-electron chi connectivity index (χ0n) is 16.4. The van der Waals surface area contributed by atoms with Crippen LogP contribution in [0.3, 0.4) is 0 Å². The quantitative estimate of drug-likeness (QED) is 0.345. The molecule has 29 heavy (non-hydrogen) atoms. The van der Waals surface area contributed by atoms with E-state index in [-0.39, 0.29) is 11.7 Å². The van der Waals surface area contributed by atoms with Gasteiger partial charge in [-0.1, -0.05) is 24.3 Å². The number of rotatable bonds is 5. The van der Waals surface area contributed by atoms with E-state index in [1.807, 2.05) is 43.3 Å². The van der Waals surface area contributed by atoms with Crippen molar-refractivity contribution in [3.05, 3.63) is 70.9 Å². The second kappa shape index (κ2) is 8.74. The summed E-state index contributed by atoms with van der Waals surface area (Å²) in [6, 6.07) is 14.3. The number of phenols is 1. The molecule has 0 fully saturated rings. The van der Waals surface area contributed by atoms with Crippen molar-refractivity contribution in [2.24, 2.45) is 5.10 Å². The first kappa shape index (κ1) is 20.3. The number of hydrogen-bond donors (Lipinski definition) is 4. The SMILES string of the molecule is CC1=C(C(=O)NN=Cc2ccccc2O)C(c2ccc(N(C)C)cc2)NC(=S)N1. The van der Waals surface area contributed by atoms with Crippen LogP contribution in [0.5, 0.6) is 5.75 Å². The van der Waals surface area contributed by atoms with E-state index in [9.17, 15) is 9.90 Å². The number of hydrazone groups is 1. The summed E-state index contributed by atoms with van der Waals surface area (Å²) in [6.45, 7) is 1.80. The van der Waals surface area contributed by atoms with Crippen molar-refractivity contribution in [2.75, 3.05) is 19.0 Å². The molecule has 2 aromatic rings. The smallest absolute Gasteiger partial charge is 0.271 e. The maximum Gasteiger partial charge on any atom is 0.271 e. The van der Waals surface area contributed by atoms with Crippen LogP contribution in [0, 0.1) is 0 Å². The Hall–Kier alpha value is -3.39. The number of benzene rings is 2. The Balaban J connectivity index is 1.83. The molecule has 8 heteroatoms. The van der Waals surface area contributed by atoms with Gasteiger partial charge >= 0.3 is 0 Å². The highest BCUT2D eigenvalue weighted by atomic mass is 32.1. The predicted octanol–water partition coefficient (Wildman–Crippen LogP) is 2.40. The molecule has 3 rings (SSSR count). The Morgan fingerprint density at radius 3 is 2.55 bits per heavy atom. The average molecular weight is 410 g/mol. The van der Waals surface area contributed by atoms with Crippen LogP contribution >= 0.6 is 12.2 Å². The molecule has 0 saturated carbocycles. The monoisotopic (exact) mass is 409 g/mol. The standard InChI is InChI=1S/C21H23N5O2S/c1-13-18(20(28)25-22-12-15-6-4-5-7-17(15)27)19(24-21(29)23-13)14-8-10-16(11-9-14)26(2)3/h4-12,19,27H,1-3H3,(H,25,28)(H2,23,24,29). The fourth-order valence-electron chi connectivity index (χ4n) is 3.03. The number of carbonyl (C=O) groups excluding carboxylic acids is 1. The minimum absolute atomic E-state index is 0.0890. The summed E-state index contributed by atoms with van der Waals surface area (Å²) in [5.41, 5.74) is 6.16. The summed E-state index contributed by atoms with van der Waals surface area (Å²) in [7, 11) is 3.94. The van der Waals surface area contributed by atoms with Crippen LogP contribution in [0.4, 0.5) is 5.69 Å². The normalized spacial score (nSPS) is 16.4. The molecule has 7 nitrogen and oxygen atoms in total. The zero-order chi connectivity index (χ0) is 21.0. The van der Waals surface area contributed by atoms with E-state index < -0.39 is 6.04 Å². The molecule has 0 aromatic heterocycles. The molecule has 0 radical (unpaired) electrons. The average Bonchev–Trinajstić information content (AvgIpc) is 2.68. The van der Waals surface area contributed by atoms with Gasteiger partial charge in [-0.15, -0.1) is 0 Å². The third-order valence-electron chi connectivity index (χ3n) is 4.56. The van der Waals surface area contributed by atoms with Gasteiger partial charge in [0, 0.05) is 31.0 Å². The second-order valence-corrected chi connectivity index (χ2v) is 7.22. The van der Waals surface area contributed by atoms with Crippen molar-refractivity contribution in [3.63, 3.8) is 0 Å². The number of para-hydroxylation sites is 1. The molecule has 0 bridgehead atoms. The predicted molar refractivity (Wildman–Crippen MR) is 119 cm³/mol. The number of amides is 1. The van der Waals surface area contributed by atoms with Crippen molar-refractivity contribution in [3.8, 4) is 5.75 Å². The van der Waals surface area contributed by atoms with Gasteiger partial charge in [0.1, 0.15) is 5.75 Å². The number of carbonyl (C=O) groups is 1.